The first-order valence-corrected chi connectivity index (χ1v) is 10.0. The van der Waals surface area contributed by atoms with Gasteiger partial charge in [0.1, 0.15) is 0 Å². The molecule has 0 aromatic heterocycles. The van der Waals surface area contributed by atoms with Crippen molar-refractivity contribution in [3.05, 3.63) is 12.2 Å². The van der Waals surface area contributed by atoms with E-state index in [4.69, 9.17) is 4.99 Å². The van der Waals surface area contributed by atoms with Gasteiger partial charge in [-0.05, 0) is 34.1 Å². The third kappa shape index (κ3) is 5.31. The largest absolute Gasteiger partial charge is 0.357 e. The molecule has 2 rings (SSSR count). The summed E-state index contributed by atoms with van der Waals surface area (Å²) in [5.41, 5.74) is 0. The highest BCUT2D eigenvalue weighted by Crippen LogP contribution is 2.18. The Morgan fingerprint density at radius 1 is 1.35 bits per heavy atom. The molecule has 0 amide bonds. The standard InChI is InChI=1S/C17H32N4OS/c1-5-18-16(19-9-13-23(22)17(2,3)4)21-12-8-15(14-21)20-10-6-7-11-20/h6-7,15H,5,8-14H2,1-4H3,(H,18,19). The van der Waals surface area contributed by atoms with Gasteiger partial charge in [-0.1, -0.05) is 12.2 Å². The zero-order valence-corrected chi connectivity index (χ0v) is 15.9. The van der Waals surface area contributed by atoms with Crippen LogP contribution in [0.5, 0.6) is 0 Å². The summed E-state index contributed by atoms with van der Waals surface area (Å²) in [5.74, 6) is 1.61. The Morgan fingerprint density at radius 2 is 2.04 bits per heavy atom. The Bertz CT molecular complexity index is 462. The molecule has 0 spiro atoms. The van der Waals surface area contributed by atoms with Crippen LogP contribution in [0.15, 0.2) is 17.1 Å². The first-order valence-electron chi connectivity index (χ1n) is 8.72. The van der Waals surface area contributed by atoms with E-state index in [0.29, 0.717) is 18.3 Å². The summed E-state index contributed by atoms with van der Waals surface area (Å²) in [5, 5.41) is 3.39. The Balaban J connectivity index is 1.88. The van der Waals surface area contributed by atoms with Gasteiger partial charge in [-0.2, -0.15) is 0 Å². The van der Waals surface area contributed by atoms with Crippen molar-refractivity contribution in [3.63, 3.8) is 0 Å². The van der Waals surface area contributed by atoms with Crippen LogP contribution in [-0.4, -0.2) is 75.8 Å². The molecule has 0 bridgehead atoms. The summed E-state index contributed by atoms with van der Waals surface area (Å²) < 4.78 is 12.0. The van der Waals surface area contributed by atoms with E-state index in [1.807, 2.05) is 20.8 Å². The lowest BCUT2D eigenvalue weighted by Crippen LogP contribution is -2.43. The van der Waals surface area contributed by atoms with Gasteiger partial charge in [0.05, 0.1) is 6.54 Å². The van der Waals surface area contributed by atoms with Gasteiger partial charge in [0.25, 0.3) is 0 Å². The fourth-order valence-corrected chi connectivity index (χ4v) is 3.86. The zero-order valence-electron chi connectivity index (χ0n) is 15.0. The van der Waals surface area contributed by atoms with Crippen molar-refractivity contribution < 1.29 is 4.21 Å². The highest BCUT2D eigenvalue weighted by atomic mass is 32.2. The lowest BCUT2D eigenvalue weighted by Gasteiger charge is -2.25. The molecule has 5 nitrogen and oxygen atoms in total. The number of nitrogens with zero attached hydrogens (tertiary/aromatic N) is 3. The number of nitrogens with one attached hydrogen (secondary N) is 1. The molecule has 2 atom stereocenters. The maximum absolute atomic E-state index is 12.1. The van der Waals surface area contributed by atoms with Crippen LogP contribution in [0.3, 0.4) is 0 Å². The van der Waals surface area contributed by atoms with Gasteiger partial charge in [0.2, 0.25) is 0 Å². The smallest absolute Gasteiger partial charge is 0.193 e. The second-order valence-corrected chi connectivity index (χ2v) is 9.54. The van der Waals surface area contributed by atoms with Crippen molar-refractivity contribution in [2.24, 2.45) is 4.99 Å². The van der Waals surface area contributed by atoms with E-state index in [-0.39, 0.29) is 4.75 Å². The molecule has 6 heteroatoms. The normalized spacial score (nSPS) is 24.4. The number of hydrogen-bond acceptors (Lipinski definition) is 3. The number of likely N-dealkylation sites (tertiary alicyclic amines) is 1. The fraction of sp³-hybridized carbons (Fsp3) is 0.824. The molecule has 2 heterocycles. The first kappa shape index (κ1) is 18.5. The molecule has 0 radical (unpaired) electrons. The van der Waals surface area contributed by atoms with Crippen LogP contribution in [0.2, 0.25) is 0 Å². The van der Waals surface area contributed by atoms with Crippen LogP contribution in [0, 0.1) is 0 Å². The third-order valence-corrected chi connectivity index (χ3v) is 6.30. The predicted octanol–water partition coefficient (Wildman–Crippen LogP) is 1.45. The van der Waals surface area contributed by atoms with Gasteiger partial charge in [-0.15, -0.1) is 0 Å². The van der Waals surface area contributed by atoms with Crippen molar-refractivity contribution in [1.82, 2.24) is 15.1 Å². The molecule has 0 aromatic rings. The van der Waals surface area contributed by atoms with Gasteiger partial charge in [-0.3, -0.25) is 14.1 Å². The van der Waals surface area contributed by atoms with Gasteiger partial charge < -0.3 is 10.2 Å². The second-order valence-electron chi connectivity index (χ2n) is 7.21. The minimum Gasteiger partial charge on any atom is -0.357 e. The van der Waals surface area contributed by atoms with Crippen molar-refractivity contribution in [3.8, 4) is 0 Å². The van der Waals surface area contributed by atoms with Crippen LogP contribution in [0.4, 0.5) is 0 Å². The maximum atomic E-state index is 12.1. The van der Waals surface area contributed by atoms with Gasteiger partial charge in [0.15, 0.2) is 5.96 Å². The summed E-state index contributed by atoms with van der Waals surface area (Å²) >= 11 is 0. The molecule has 0 aromatic carbocycles. The summed E-state index contributed by atoms with van der Waals surface area (Å²) in [7, 11) is -0.838. The minimum atomic E-state index is -0.838. The molecule has 2 aliphatic heterocycles. The van der Waals surface area contributed by atoms with Crippen LogP contribution < -0.4 is 5.32 Å². The van der Waals surface area contributed by atoms with E-state index in [0.717, 1.165) is 38.7 Å². The highest BCUT2D eigenvalue weighted by Gasteiger charge is 2.29. The number of guanidine groups is 1. The Hall–Kier alpha value is -0.880. The maximum Gasteiger partial charge on any atom is 0.193 e. The van der Waals surface area contributed by atoms with E-state index in [1.165, 1.54) is 6.42 Å². The van der Waals surface area contributed by atoms with Crippen molar-refractivity contribution >= 4 is 16.8 Å². The highest BCUT2D eigenvalue weighted by molar-refractivity contribution is 7.86. The molecule has 132 valence electrons. The van der Waals surface area contributed by atoms with Crippen LogP contribution in [0.25, 0.3) is 0 Å². The van der Waals surface area contributed by atoms with Crippen LogP contribution >= 0.6 is 0 Å². The second kappa shape index (κ2) is 8.29. The predicted molar refractivity (Wildman–Crippen MR) is 99.4 cm³/mol. The molecule has 0 aliphatic carbocycles. The van der Waals surface area contributed by atoms with Crippen LogP contribution in [-0.2, 0) is 10.8 Å². The van der Waals surface area contributed by atoms with Gasteiger partial charge in [0, 0.05) is 60.1 Å². The molecular formula is C17H32N4OS. The van der Waals surface area contributed by atoms with E-state index in [1.54, 1.807) is 0 Å². The molecule has 1 fully saturated rings. The first-order chi connectivity index (χ1) is 10.9. The average molecular weight is 341 g/mol. The molecule has 1 N–H and O–H groups in total. The monoisotopic (exact) mass is 340 g/mol. The lowest BCUT2D eigenvalue weighted by atomic mass is 10.2. The zero-order chi connectivity index (χ0) is 16.9. The molecule has 2 unspecified atom stereocenters. The summed E-state index contributed by atoms with van der Waals surface area (Å²) in [6.07, 6.45) is 5.70. The Labute approximate surface area is 143 Å². The fourth-order valence-electron chi connectivity index (χ4n) is 2.99. The van der Waals surface area contributed by atoms with Gasteiger partial charge in [-0.25, -0.2) is 0 Å². The summed E-state index contributed by atoms with van der Waals surface area (Å²) in [4.78, 5) is 9.59. The van der Waals surface area contributed by atoms with Crippen molar-refractivity contribution in [1.29, 1.82) is 0 Å². The summed E-state index contributed by atoms with van der Waals surface area (Å²) in [6, 6.07) is 0.623. The van der Waals surface area contributed by atoms with E-state index < -0.39 is 10.8 Å². The topological polar surface area (TPSA) is 47.9 Å². The quantitative estimate of drug-likeness (QED) is 0.467. The van der Waals surface area contributed by atoms with E-state index in [9.17, 15) is 4.21 Å². The third-order valence-electron chi connectivity index (χ3n) is 4.38. The number of hydrogen-bond donors (Lipinski definition) is 1. The molecule has 2 aliphatic rings. The number of rotatable bonds is 5. The minimum absolute atomic E-state index is 0.157. The molecule has 0 saturated carbocycles. The van der Waals surface area contributed by atoms with Crippen molar-refractivity contribution in [2.75, 3.05) is 45.0 Å². The SMILES string of the molecule is CCNC(=NCCS(=O)C(C)(C)C)N1CCC(N2CC=CC2)C1. The van der Waals surface area contributed by atoms with E-state index >= 15 is 0 Å². The average Bonchev–Trinajstić information content (AvgIpc) is 3.16. The van der Waals surface area contributed by atoms with Crippen LogP contribution in [0.1, 0.15) is 34.1 Å². The van der Waals surface area contributed by atoms with Crippen molar-refractivity contribution in [2.45, 2.75) is 44.9 Å². The Morgan fingerprint density at radius 3 is 2.65 bits per heavy atom. The molecular weight excluding hydrogens is 308 g/mol. The molecule has 23 heavy (non-hydrogen) atoms. The van der Waals surface area contributed by atoms with E-state index in [2.05, 4.69) is 34.2 Å². The summed E-state index contributed by atoms with van der Waals surface area (Å²) in [6.45, 7) is 13.9. The molecule has 1 saturated heterocycles. The Kier molecular flexibility index (Phi) is 6.65. The lowest BCUT2D eigenvalue weighted by molar-refractivity contribution is 0.259. The number of aliphatic imine (C=N–C) groups is 1. The van der Waals surface area contributed by atoms with Gasteiger partial charge >= 0.3 is 0 Å².